The molecule has 1 rings (SSSR count). The third-order valence-corrected chi connectivity index (χ3v) is 3.21. The van der Waals surface area contributed by atoms with E-state index in [4.69, 9.17) is 0 Å². The number of aromatic nitrogens is 1. The standard InChI is InChI=1S/C11H19NS/c1-10(2,3)8-9(11(4,5)6)13-7-12-8/h7H,1-6H3. The third kappa shape index (κ3) is 2.31. The summed E-state index contributed by atoms with van der Waals surface area (Å²) in [5.74, 6) is 0. The number of hydrogen-bond donors (Lipinski definition) is 0. The van der Waals surface area contributed by atoms with Crippen molar-refractivity contribution in [1.29, 1.82) is 0 Å². The lowest BCUT2D eigenvalue weighted by molar-refractivity contribution is 0.527. The number of thiazole rings is 1. The largest absolute Gasteiger partial charge is 0.249 e. The van der Waals surface area contributed by atoms with Crippen LogP contribution in [0.5, 0.6) is 0 Å². The Kier molecular flexibility index (Phi) is 2.54. The molecule has 0 aliphatic rings. The molecule has 0 bridgehead atoms. The molecule has 0 aliphatic heterocycles. The van der Waals surface area contributed by atoms with Gasteiger partial charge in [-0.3, -0.25) is 0 Å². The lowest BCUT2D eigenvalue weighted by Crippen LogP contribution is -2.20. The number of hydrogen-bond acceptors (Lipinski definition) is 2. The maximum Gasteiger partial charge on any atom is 0.0798 e. The van der Waals surface area contributed by atoms with Crippen LogP contribution in [-0.4, -0.2) is 4.98 Å². The third-order valence-electron chi connectivity index (χ3n) is 1.96. The van der Waals surface area contributed by atoms with Gasteiger partial charge in [0.15, 0.2) is 0 Å². The summed E-state index contributed by atoms with van der Waals surface area (Å²) >= 11 is 1.77. The van der Waals surface area contributed by atoms with Crippen molar-refractivity contribution in [3.63, 3.8) is 0 Å². The summed E-state index contributed by atoms with van der Waals surface area (Å²) in [7, 11) is 0. The Labute approximate surface area is 85.2 Å². The van der Waals surface area contributed by atoms with E-state index in [-0.39, 0.29) is 10.8 Å². The molecule has 13 heavy (non-hydrogen) atoms. The highest BCUT2D eigenvalue weighted by Gasteiger charge is 2.27. The number of nitrogens with zero attached hydrogens (tertiary/aromatic N) is 1. The molecule has 0 amide bonds. The van der Waals surface area contributed by atoms with Crippen molar-refractivity contribution in [3.05, 3.63) is 16.1 Å². The monoisotopic (exact) mass is 197 g/mol. The SMILES string of the molecule is CC(C)(C)c1ncsc1C(C)(C)C. The lowest BCUT2D eigenvalue weighted by atomic mass is 9.84. The van der Waals surface area contributed by atoms with E-state index in [0.29, 0.717) is 0 Å². The molecule has 2 heteroatoms. The molecule has 0 saturated carbocycles. The van der Waals surface area contributed by atoms with Crippen LogP contribution in [0.15, 0.2) is 5.51 Å². The van der Waals surface area contributed by atoms with Crippen LogP contribution in [-0.2, 0) is 10.8 Å². The Morgan fingerprint density at radius 2 is 1.54 bits per heavy atom. The molecule has 1 aromatic heterocycles. The zero-order valence-corrected chi connectivity index (χ0v) is 10.2. The fraction of sp³-hybridized carbons (Fsp3) is 0.727. The molecule has 0 unspecified atom stereocenters. The highest BCUT2D eigenvalue weighted by Crippen LogP contribution is 2.35. The van der Waals surface area contributed by atoms with Gasteiger partial charge in [0, 0.05) is 10.3 Å². The summed E-state index contributed by atoms with van der Waals surface area (Å²) in [4.78, 5) is 5.89. The molecule has 0 atom stereocenters. The average molecular weight is 197 g/mol. The molecular weight excluding hydrogens is 178 g/mol. The van der Waals surface area contributed by atoms with Crippen molar-refractivity contribution in [2.45, 2.75) is 52.4 Å². The molecule has 0 N–H and O–H groups in total. The van der Waals surface area contributed by atoms with Crippen LogP contribution in [0.1, 0.15) is 52.1 Å². The van der Waals surface area contributed by atoms with Crippen molar-refractivity contribution in [1.82, 2.24) is 4.98 Å². The van der Waals surface area contributed by atoms with Gasteiger partial charge in [0.2, 0.25) is 0 Å². The minimum absolute atomic E-state index is 0.169. The predicted molar refractivity (Wildman–Crippen MR) is 59.5 cm³/mol. The predicted octanol–water partition coefficient (Wildman–Crippen LogP) is 3.74. The smallest absolute Gasteiger partial charge is 0.0798 e. The molecule has 0 fully saturated rings. The molecule has 0 aromatic carbocycles. The molecule has 0 aliphatic carbocycles. The van der Waals surface area contributed by atoms with Gasteiger partial charge in [-0.1, -0.05) is 41.5 Å². The zero-order chi connectivity index (χ0) is 10.3. The Bertz CT molecular complexity index is 257. The van der Waals surface area contributed by atoms with E-state index in [1.54, 1.807) is 11.3 Å². The molecule has 1 nitrogen and oxygen atoms in total. The molecule has 1 aromatic rings. The van der Waals surface area contributed by atoms with Crippen LogP contribution in [0.2, 0.25) is 0 Å². The van der Waals surface area contributed by atoms with E-state index in [9.17, 15) is 0 Å². The maximum absolute atomic E-state index is 4.47. The molecule has 0 saturated heterocycles. The molecular formula is C11H19NS. The van der Waals surface area contributed by atoms with Crippen LogP contribution >= 0.6 is 11.3 Å². The second kappa shape index (κ2) is 3.09. The van der Waals surface area contributed by atoms with Gasteiger partial charge in [0.05, 0.1) is 11.2 Å². The van der Waals surface area contributed by atoms with Gasteiger partial charge in [0.25, 0.3) is 0 Å². The first-order valence-electron chi connectivity index (χ1n) is 4.67. The van der Waals surface area contributed by atoms with E-state index in [2.05, 4.69) is 46.5 Å². The quantitative estimate of drug-likeness (QED) is 0.617. The van der Waals surface area contributed by atoms with Crippen molar-refractivity contribution < 1.29 is 0 Å². The Balaban J connectivity index is 3.19. The summed E-state index contributed by atoms with van der Waals surface area (Å²) in [6.07, 6.45) is 0. The van der Waals surface area contributed by atoms with Crippen LogP contribution in [0.25, 0.3) is 0 Å². The Morgan fingerprint density at radius 1 is 1.00 bits per heavy atom. The minimum atomic E-state index is 0.169. The normalized spacial score (nSPS) is 13.4. The van der Waals surface area contributed by atoms with Crippen molar-refractivity contribution >= 4 is 11.3 Å². The first-order valence-corrected chi connectivity index (χ1v) is 5.55. The van der Waals surface area contributed by atoms with Crippen LogP contribution in [0, 0.1) is 0 Å². The van der Waals surface area contributed by atoms with Crippen LogP contribution in [0.3, 0.4) is 0 Å². The van der Waals surface area contributed by atoms with Gasteiger partial charge >= 0.3 is 0 Å². The minimum Gasteiger partial charge on any atom is -0.249 e. The lowest BCUT2D eigenvalue weighted by Gasteiger charge is -2.24. The fourth-order valence-corrected chi connectivity index (χ4v) is 2.40. The van der Waals surface area contributed by atoms with Crippen molar-refractivity contribution in [3.8, 4) is 0 Å². The van der Waals surface area contributed by atoms with E-state index in [1.807, 2.05) is 5.51 Å². The van der Waals surface area contributed by atoms with Crippen LogP contribution < -0.4 is 0 Å². The van der Waals surface area contributed by atoms with Gasteiger partial charge < -0.3 is 0 Å². The van der Waals surface area contributed by atoms with Gasteiger partial charge in [-0.2, -0.15) is 0 Å². The Morgan fingerprint density at radius 3 is 1.85 bits per heavy atom. The first kappa shape index (κ1) is 10.7. The summed E-state index contributed by atoms with van der Waals surface area (Å²) in [6, 6.07) is 0. The average Bonchev–Trinajstić information content (AvgIpc) is 2.27. The van der Waals surface area contributed by atoms with E-state index in [1.165, 1.54) is 10.6 Å². The van der Waals surface area contributed by atoms with Crippen LogP contribution in [0.4, 0.5) is 0 Å². The highest BCUT2D eigenvalue weighted by molar-refractivity contribution is 7.09. The summed E-state index contributed by atoms with van der Waals surface area (Å²) < 4.78 is 0. The zero-order valence-electron chi connectivity index (χ0n) is 9.43. The van der Waals surface area contributed by atoms with Gasteiger partial charge in [0.1, 0.15) is 0 Å². The molecule has 1 heterocycles. The van der Waals surface area contributed by atoms with Gasteiger partial charge in [-0.05, 0) is 5.41 Å². The van der Waals surface area contributed by atoms with E-state index in [0.717, 1.165) is 0 Å². The molecule has 0 radical (unpaired) electrons. The topological polar surface area (TPSA) is 12.9 Å². The second-order valence-electron chi connectivity index (χ2n) is 5.53. The van der Waals surface area contributed by atoms with Crippen molar-refractivity contribution in [2.75, 3.05) is 0 Å². The van der Waals surface area contributed by atoms with Crippen molar-refractivity contribution in [2.24, 2.45) is 0 Å². The molecule has 0 spiro atoms. The van der Waals surface area contributed by atoms with Gasteiger partial charge in [-0.25, -0.2) is 4.98 Å². The fourth-order valence-electron chi connectivity index (χ4n) is 1.31. The first-order chi connectivity index (χ1) is 5.73. The highest BCUT2D eigenvalue weighted by atomic mass is 32.1. The number of rotatable bonds is 0. The summed E-state index contributed by atoms with van der Waals surface area (Å²) in [5, 5.41) is 0. The second-order valence-corrected chi connectivity index (χ2v) is 6.38. The summed E-state index contributed by atoms with van der Waals surface area (Å²) in [5.41, 5.74) is 3.61. The van der Waals surface area contributed by atoms with Gasteiger partial charge in [-0.15, -0.1) is 11.3 Å². The maximum atomic E-state index is 4.47. The summed E-state index contributed by atoms with van der Waals surface area (Å²) in [6.45, 7) is 13.4. The van der Waals surface area contributed by atoms with E-state index < -0.39 is 0 Å². The van der Waals surface area contributed by atoms with E-state index >= 15 is 0 Å². The molecule has 74 valence electrons. The Hall–Kier alpha value is -0.370.